The van der Waals surface area contributed by atoms with E-state index in [1.54, 1.807) is 0 Å². The molecule has 0 amide bonds. The van der Waals surface area contributed by atoms with Crippen molar-refractivity contribution in [1.82, 2.24) is 0 Å². The molecule has 1 aliphatic heterocycles. The lowest BCUT2D eigenvalue weighted by Gasteiger charge is -2.19. The average Bonchev–Trinajstić information content (AvgIpc) is 2.33. The Morgan fingerprint density at radius 2 is 2.16 bits per heavy atom. The summed E-state index contributed by atoms with van der Waals surface area (Å²) in [6, 6.07) is 3.21. The number of nitrogens with one attached hydrogen (secondary N) is 1. The minimum Gasteiger partial charge on any atom is -0.334 e. The fourth-order valence-corrected chi connectivity index (χ4v) is 2.61. The van der Waals surface area contributed by atoms with Crippen molar-refractivity contribution in [3.63, 3.8) is 0 Å². The maximum atomic E-state index is 12.6. The largest absolute Gasteiger partial charge is 0.416 e. The van der Waals surface area contributed by atoms with Crippen LogP contribution in [-0.4, -0.2) is 17.5 Å². The zero-order valence-electron chi connectivity index (χ0n) is 10.1. The van der Waals surface area contributed by atoms with E-state index < -0.39 is 11.7 Å². The highest BCUT2D eigenvalue weighted by molar-refractivity contribution is 8.14. The van der Waals surface area contributed by atoms with Gasteiger partial charge in [0.25, 0.3) is 0 Å². The van der Waals surface area contributed by atoms with Crippen molar-refractivity contribution in [2.45, 2.75) is 13.1 Å². The van der Waals surface area contributed by atoms with Crippen LogP contribution in [0, 0.1) is 5.92 Å². The fraction of sp³-hybridized carbons (Fsp3) is 0.417. The van der Waals surface area contributed by atoms with Gasteiger partial charge in [-0.15, -0.1) is 0 Å². The number of halogens is 4. The molecule has 2 rings (SSSR count). The smallest absolute Gasteiger partial charge is 0.334 e. The first-order chi connectivity index (χ1) is 8.86. The number of benzene rings is 1. The lowest BCUT2D eigenvalue weighted by molar-refractivity contribution is -0.137. The number of nitrogens with zero attached hydrogens (tertiary/aromatic N) is 1. The van der Waals surface area contributed by atoms with E-state index in [-0.39, 0.29) is 10.7 Å². The van der Waals surface area contributed by atoms with Crippen LogP contribution >= 0.6 is 23.4 Å². The number of aliphatic imine (C=N–C) groups is 1. The van der Waals surface area contributed by atoms with E-state index in [2.05, 4.69) is 17.2 Å². The van der Waals surface area contributed by atoms with Crippen molar-refractivity contribution in [2.24, 2.45) is 10.9 Å². The first kappa shape index (κ1) is 14.5. The third-order valence-electron chi connectivity index (χ3n) is 2.59. The molecule has 0 saturated heterocycles. The third kappa shape index (κ3) is 3.79. The molecule has 0 fully saturated rings. The van der Waals surface area contributed by atoms with Gasteiger partial charge in [0.05, 0.1) is 16.3 Å². The van der Waals surface area contributed by atoms with Crippen LogP contribution in [0.15, 0.2) is 23.2 Å². The van der Waals surface area contributed by atoms with Crippen LogP contribution in [0.2, 0.25) is 5.02 Å². The van der Waals surface area contributed by atoms with Gasteiger partial charge in [0, 0.05) is 12.3 Å². The lowest BCUT2D eigenvalue weighted by atomic mass is 10.2. The number of anilines is 1. The molecular formula is C12H12ClF3N2S. The summed E-state index contributed by atoms with van der Waals surface area (Å²) in [7, 11) is 0. The van der Waals surface area contributed by atoms with Gasteiger partial charge in [-0.3, -0.25) is 4.99 Å². The highest BCUT2D eigenvalue weighted by Crippen LogP contribution is 2.34. The first-order valence-electron chi connectivity index (χ1n) is 5.67. The number of thioether (sulfide) groups is 1. The molecule has 1 aromatic carbocycles. The number of amidine groups is 1. The molecule has 19 heavy (non-hydrogen) atoms. The number of hydrogen-bond acceptors (Lipinski definition) is 3. The fourth-order valence-electron chi connectivity index (χ4n) is 1.55. The van der Waals surface area contributed by atoms with Crippen molar-refractivity contribution in [2.75, 3.05) is 17.6 Å². The van der Waals surface area contributed by atoms with E-state index in [1.807, 2.05) is 0 Å². The van der Waals surface area contributed by atoms with Crippen molar-refractivity contribution in [3.05, 3.63) is 28.8 Å². The second kappa shape index (κ2) is 5.63. The molecule has 104 valence electrons. The summed E-state index contributed by atoms with van der Waals surface area (Å²) < 4.78 is 37.9. The van der Waals surface area contributed by atoms with Crippen LogP contribution in [0.25, 0.3) is 0 Å². The third-order valence-corrected chi connectivity index (χ3v) is 4.16. The Hall–Kier alpha value is -0.880. The van der Waals surface area contributed by atoms with Crippen LogP contribution in [-0.2, 0) is 6.18 Å². The highest BCUT2D eigenvalue weighted by atomic mass is 35.5. The molecule has 7 heteroatoms. The van der Waals surface area contributed by atoms with E-state index in [4.69, 9.17) is 11.6 Å². The molecule has 0 aromatic heterocycles. The van der Waals surface area contributed by atoms with Crippen LogP contribution < -0.4 is 5.32 Å². The molecule has 1 unspecified atom stereocenters. The summed E-state index contributed by atoms with van der Waals surface area (Å²) in [6.45, 7) is 2.75. The van der Waals surface area contributed by atoms with Gasteiger partial charge in [-0.2, -0.15) is 13.2 Å². The summed E-state index contributed by atoms with van der Waals surface area (Å²) >= 11 is 7.39. The van der Waals surface area contributed by atoms with Crippen molar-refractivity contribution in [3.8, 4) is 0 Å². The second-order valence-electron chi connectivity index (χ2n) is 4.38. The minimum absolute atomic E-state index is 0.234. The van der Waals surface area contributed by atoms with Gasteiger partial charge < -0.3 is 5.32 Å². The first-order valence-corrected chi connectivity index (χ1v) is 7.03. The molecule has 1 aliphatic rings. The van der Waals surface area contributed by atoms with E-state index in [1.165, 1.54) is 17.8 Å². The van der Waals surface area contributed by atoms with E-state index in [0.717, 1.165) is 17.9 Å². The van der Waals surface area contributed by atoms with Crippen LogP contribution in [0.5, 0.6) is 0 Å². The van der Waals surface area contributed by atoms with Crippen molar-refractivity contribution >= 4 is 34.2 Å². The molecule has 1 heterocycles. The summed E-state index contributed by atoms with van der Waals surface area (Å²) in [4.78, 5) is 4.27. The Morgan fingerprint density at radius 3 is 2.74 bits per heavy atom. The molecule has 0 aliphatic carbocycles. The van der Waals surface area contributed by atoms with E-state index in [0.29, 0.717) is 17.6 Å². The predicted molar refractivity (Wildman–Crippen MR) is 74.0 cm³/mol. The zero-order valence-corrected chi connectivity index (χ0v) is 11.7. The molecule has 0 spiro atoms. The summed E-state index contributed by atoms with van der Waals surface area (Å²) in [5.41, 5.74) is -0.494. The normalized spacial score (nSPS) is 20.1. The Balaban J connectivity index is 2.20. The van der Waals surface area contributed by atoms with Crippen LogP contribution in [0.1, 0.15) is 12.5 Å². The van der Waals surface area contributed by atoms with Gasteiger partial charge in [0.2, 0.25) is 0 Å². The molecular weight excluding hydrogens is 297 g/mol. The Kier molecular flexibility index (Phi) is 4.30. The van der Waals surface area contributed by atoms with Crippen molar-refractivity contribution < 1.29 is 13.2 Å². The van der Waals surface area contributed by atoms with Crippen molar-refractivity contribution in [1.29, 1.82) is 0 Å². The van der Waals surface area contributed by atoms with E-state index in [9.17, 15) is 13.2 Å². The molecule has 0 saturated carbocycles. The van der Waals surface area contributed by atoms with Gasteiger partial charge in [0.1, 0.15) is 0 Å². The minimum atomic E-state index is -4.38. The predicted octanol–water partition coefficient (Wildman–Crippen LogP) is 4.51. The molecule has 1 aromatic rings. The summed E-state index contributed by atoms with van der Waals surface area (Å²) in [5, 5.41) is 3.72. The molecule has 0 bridgehead atoms. The van der Waals surface area contributed by atoms with Crippen LogP contribution in [0.4, 0.5) is 18.9 Å². The molecule has 1 N–H and O–H groups in total. The van der Waals surface area contributed by atoms with Crippen LogP contribution in [0.3, 0.4) is 0 Å². The Labute approximate surface area is 118 Å². The molecule has 0 radical (unpaired) electrons. The average molecular weight is 309 g/mol. The monoisotopic (exact) mass is 308 g/mol. The standard InChI is InChI=1S/C12H12ClF3N2S/c1-7-5-17-11(19-6-7)18-10-4-8(12(14,15)16)2-3-9(10)13/h2-4,7H,5-6H2,1H3,(H,17,18). The quantitative estimate of drug-likeness (QED) is 0.825. The van der Waals surface area contributed by atoms with E-state index >= 15 is 0 Å². The Bertz CT molecular complexity index is 502. The topological polar surface area (TPSA) is 24.4 Å². The highest BCUT2D eigenvalue weighted by Gasteiger charge is 2.31. The second-order valence-corrected chi connectivity index (χ2v) is 5.80. The van der Waals surface area contributed by atoms with Gasteiger partial charge in [0.15, 0.2) is 5.17 Å². The number of alkyl halides is 3. The number of hydrogen-bond donors (Lipinski definition) is 1. The zero-order chi connectivity index (χ0) is 14.0. The molecule has 2 nitrogen and oxygen atoms in total. The maximum absolute atomic E-state index is 12.6. The Morgan fingerprint density at radius 1 is 1.42 bits per heavy atom. The van der Waals surface area contributed by atoms with Gasteiger partial charge >= 0.3 is 6.18 Å². The maximum Gasteiger partial charge on any atom is 0.416 e. The van der Waals surface area contributed by atoms with Gasteiger partial charge in [-0.1, -0.05) is 30.3 Å². The summed E-state index contributed by atoms with van der Waals surface area (Å²) in [5.74, 6) is 1.37. The summed E-state index contributed by atoms with van der Waals surface area (Å²) in [6.07, 6.45) is -4.38. The molecule has 1 atom stereocenters. The van der Waals surface area contributed by atoms with Gasteiger partial charge in [-0.05, 0) is 24.1 Å². The SMILES string of the molecule is CC1CN=C(Nc2cc(C(F)(F)F)ccc2Cl)SC1. The van der Waals surface area contributed by atoms with Gasteiger partial charge in [-0.25, -0.2) is 0 Å². The lowest BCUT2D eigenvalue weighted by Crippen LogP contribution is -2.19. The number of rotatable bonds is 1.